The van der Waals surface area contributed by atoms with Crippen molar-refractivity contribution in [2.45, 2.75) is 45.2 Å². The molecule has 0 spiro atoms. The number of para-hydroxylation sites is 1. The van der Waals surface area contributed by atoms with Crippen LogP contribution in [0.15, 0.2) is 66.7 Å². The van der Waals surface area contributed by atoms with E-state index in [1.165, 1.54) is 14.2 Å². The van der Waals surface area contributed by atoms with Crippen LogP contribution in [-0.2, 0) is 16.0 Å². The Morgan fingerprint density at radius 1 is 0.925 bits per heavy atom. The van der Waals surface area contributed by atoms with Crippen LogP contribution in [0.2, 0.25) is 0 Å². The van der Waals surface area contributed by atoms with E-state index in [-0.39, 0.29) is 30.4 Å². The molecular weight excluding hydrogens is 510 g/mol. The highest BCUT2D eigenvalue weighted by atomic mass is 16.5. The number of nitrogens with zero attached hydrogens (tertiary/aromatic N) is 1. The van der Waals surface area contributed by atoms with Gasteiger partial charge in [-0.25, -0.2) is 9.59 Å². The molecule has 1 saturated heterocycles. The van der Waals surface area contributed by atoms with Gasteiger partial charge < -0.3 is 29.7 Å². The monoisotopic (exact) mass is 545 g/mol. The summed E-state index contributed by atoms with van der Waals surface area (Å²) in [7, 11) is 2.87. The van der Waals surface area contributed by atoms with E-state index in [9.17, 15) is 14.4 Å². The number of esters is 1. The predicted octanol–water partition coefficient (Wildman–Crippen LogP) is 5.44. The van der Waals surface area contributed by atoms with Gasteiger partial charge in [0.1, 0.15) is 18.1 Å². The summed E-state index contributed by atoms with van der Waals surface area (Å²) in [6.07, 6.45) is 1.93. The van der Waals surface area contributed by atoms with E-state index in [4.69, 9.17) is 14.2 Å². The van der Waals surface area contributed by atoms with Crippen molar-refractivity contribution in [1.29, 1.82) is 0 Å². The zero-order chi connectivity index (χ0) is 28.6. The lowest BCUT2D eigenvalue weighted by Crippen LogP contribution is -2.43. The molecule has 1 aliphatic heterocycles. The van der Waals surface area contributed by atoms with E-state index < -0.39 is 5.97 Å². The quantitative estimate of drug-likeness (QED) is 0.347. The molecule has 1 heterocycles. The van der Waals surface area contributed by atoms with Gasteiger partial charge in [0.25, 0.3) is 0 Å². The highest BCUT2D eigenvalue weighted by molar-refractivity contribution is 6.01. The Morgan fingerprint density at radius 2 is 1.65 bits per heavy atom. The number of hydrogen-bond donors (Lipinski definition) is 2. The minimum atomic E-state index is -0.404. The molecule has 210 valence electrons. The number of benzene rings is 3. The van der Waals surface area contributed by atoms with E-state index in [2.05, 4.69) is 10.6 Å². The summed E-state index contributed by atoms with van der Waals surface area (Å²) in [5.41, 5.74) is 3.41. The molecular formula is C31H35N3O6. The van der Waals surface area contributed by atoms with Crippen molar-refractivity contribution in [2.75, 3.05) is 31.5 Å². The second-order valence-corrected chi connectivity index (χ2v) is 9.81. The van der Waals surface area contributed by atoms with Crippen LogP contribution in [0.3, 0.4) is 0 Å². The average molecular weight is 546 g/mol. The van der Waals surface area contributed by atoms with Crippen LogP contribution < -0.4 is 20.1 Å². The van der Waals surface area contributed by atoms with Crippen LogP contribution in [0.25, 0.3) is 0 Å². The standard InChI is InChI=1S/C31H35N3O6/c1-20-7-5-6-8-26(20)32-31(37)33-27-16-10-22(17-28(27)38-3)18-29(35)34-21(2)9-13-24(34)19-40-25-14-11-23(12-15-25)30(36)39-4/h5-8,10-12,14-17,21,24H,9,13,18-19H2,1-4H3,(H2,32,33,37). The van der Waals surface area contributed by atoms with Crippen molar-refractivity contribution < 1.29 is 28.6 Å². The molecule has 0 saturated carbocycles. The SMILES string of the molecule is COC(=O)c1ccc(OCC2CCC(C)N2C(=O)Cc2ccc(NC(=O)Nc3ccccc3C)c(OC)c2)cc1. The second-order valence-electron chi connectivity index (χ2n) is 9.81. The molecule has 1 fully saturated rings. The molecule has 9 heteroatoms. The first-order chi connectivity index (χ1) is 19.3. The minimum absolute atomic E-state index is 0.000280. The lowest BCUT2D eigenvalue weighted by atomic mass is 10.1. The van der Waals surface area contributed by atoms with Crippen molar-refractivity contribution in [3.63, 3.8) is 0 Å². The van der Waals surface area contributed by atoms with Crippen molar-refractivity contribution in [2.24, 2.45) is 0 Å². The van der Waals surface area contributed by atoms with Crippen molar-refractivity contribution in [3.05, 3.63) is 83.4 Å². The maximum absolute atomic E-state index is 13.4. The summed E-state index contributed by atoms with van der Waals surface area (Å²) in [4.78, 5) is 39.5. The third-order valence-electron chi connectivity index (χ3n) is 7.05. The Morgan fingerprint density at radius 3 is 2.35 bits per heavy atom. The van der Waals surface area contributed by atoms with Crippen LogP contribution >= 0.6 is 0 Å². The minimum Gasteiger partial charge on any atom is -0.495 e. The summed E-state index contributed by atoms with van der Waals surface area (Å²) in [6, 6.07) is 19.3. The third kappa shape index (κ3) is 6.91. The normalized spacial score (nSPS) is 16.2. The zero-order valence-corrected chi connectivity index (χ0v) is 23.2. The molecule has 0 aromatic heterocycles. The lowest BCUT2D eigenvalue weighted by molar-refractivity contribution is -0.133. The largest absolute Gasteiger partial charge is 0.495 e. The number of anilines is 2. The Hall–Kier alpha value is -4.53. The molecule has 3 aromatic rings. The molecule has 0 bridgehead atoms. The molecule has 2 unspecified atom stereocenters. The number of aryl methyl sites for hydroxylation is 1. The van der Waals surface area contributed by atoms with Gasteiger partial charge in [-0.1, -0.05) is 24.3 Å². The molecule has 3 aromatic carbocycles. The topological polar surface area (TPSA) is 106 Å². The maximum atomic E-state index is 13.4. The number of nitrogens with one attached hydrogen (secondary N) is 2. The first-order valence-electron chi connectivity index (χ1n) is 13.2. The van der Waals surface area contributed by atoms with Gasteiger partial charge in [0.05, 0.1) is 37.9 Å². The van der Waals surface area contributed by atoms with Crippen molar-refractivity contribution in [1.82, 2.24) is 4.90 Å². The molecule has 0 radical (unpaired) electrons. The number of ether oxygens (including phenoxy) is 3. The van der Waals surface area contributed by atoms with E-state index in [0.717, 1.165) is 29.7 Å². The fraction of sp³-hybridized carbons (Fsp3) is 0.323. The Kier molecular flexibility index (Phi) is 9.27. The lowest BCUT2D eigenvalue weighted by Gasteiger charge is -2.29. The number of rotatable bonds is 9. The molecule has 40 heavy (non-hydrogen) atoms. The first kappa shape index (κ1) is 28.5. The molecule has 0 aliphatic carbocycles. The molecule has 1 aliphatic rings. The maximum Gasteiger partial charge on any atom is 0.337 e. The number of likely N-dealkylation sites (tertiary alicyclic amines) is 1. The molecule has 2 atom stereocenters. The summed E-state index contributed by atoms with van der Waals surface area (Å²) < 4.78 is 16.2. The van der Waals surface area contributed by atoms with Gasteiger partial charge in [0, 0.05) is 11.7 Å². The van der Waals surface area contributed by atoms with E-state index >= 15 is 0 Å². The first-order valence-corrected chi connectivity index (χ1v) is 13.2. The average Bonchev–Trinajstić information content (AvgIpc) is 3.33. The second kappa shape index (κ2) is 13.0. The highest BCUT2D eigenvalue weighted by Crippen LogP contribution is 2.29. The van der Waals surface area contributed by atoms with Crippen molar-refractivity contribution >= 4 is 29.3 Å². The summed E-state index contributed by atoms with van der Waals surface area (Å²) in [5, 5.41) is 5.66. The predicted molar refractivity (Wildman–Crippen MR) is 153 cm³/mol. The number of carbonyl (C=O) groups excluding carboxylic acids is 3. The van der Waals surface area contributed by atoms with Gasteiger partial charge >= 0.3 is 12.0 Å². The van der Waals surface area contributed by atoms with E-state index in [1.54, 1.807) is 36.4 Å². The van der Waals surface area contributed by atoms with Crippen LogP contribution in [0.5, 0.6) is 11.5 Å². The fourth-order valence-corrected chi connectivity index (χ4v) is 4.89. The number of amides is 3. The Balaban J connectivity index is 1.37. The zero-order valence-electron chi connectivity index (χ0n) is 23.2. The van der Waals surface area contributed by atoms with Gasteiger partial charge in [0.2, 0.25) is 5.91 Å². The van der Waals surface area contributed by atoms with Gasteiger partial charge in [-0.3, -0.25) is 4.79 Å². The fourth-order valence-electron chi connectivity index (χ4n) is 4.89. The van der Waals surface area contributed by atoms with Crippen LogP contribution in [0, 0.1) is 6.92 Å². The Labute approximate surface area is 234 Å². The third-order valence-corrected chi connectivity index (χ3v) is 7.05. The number of hydrogen-bond acceptors (Lipinski definition) is 6. The highest BCUT2D eigenvalue weighted by Gasteiger charge is 2.34. The van der Waals surface area contributed by atoms with Gasteiger partial charge in [-0.2, -0.15) is 0 Å². The molecule has 9 nitrogen and oxygen atoms in total. The van der Waals surface area contributed by atoms with Crippen LogP contribution in [0.1, 0.15) is 41.3 Å². The Bertz CT molecular complexity index is 1360. The van der Waals surface area contributed by atoms with Crippen LogP contribution in [-0.4, -0.2) is 55.7 Å². The molecule has 3 amide bonds. The number of methoxy groups -OCH3 is 2. The van der Waals surface area contributed by atoms with Gasteiger partial charge in [-0.15, -0.1) is 0 Å². The van der Waals surface area contributed by atoms with E-state index in [0.29, 0.717) is 29.4 Å². The van der Waals surface area contributed by atoms with E-state index in [1.807, 2.05) is 49.1 Å². The molecule has 2 N–H and O–H groups in total. The number of carbonyl (C=O) groups is 3. The summed E-state index contributed by atoms with van der Waals surface area (Å²) >= 11 is 0. The number of urea groups is 1. The molecule has 4 rings (SSSR count). The smallest absolute Gasteiger partial charge is 0.337 e. The van der Waals surface area contributed by atoms with Gasteiger partial charge in [-0.05, 0) is 80.3 Å². The van der Waals surface area contributed by atoms with Crippen LogP contribution in [0.4, 0.5) is 16.2 Å². The van der Waals surface area contributed by atoms with Gasteiger partial charge in [0.15, 0.2) is 0 Å². The summed E-state index contributed by atoms with van der Waals surface area (Å²) in [5.74, 6) is 0.687. The van der Waals surface area contributed by atoms with Crippen molar-refractivity contribution in [3.8, 4) is 11.5 Å². The summed E-state index contributed by atoms with van der Waals surface area (Å²) in [6.45, 7) is 4.32.